The van der Waals surface area contributed by atoms with Crippen LogP contribution in [0.3, 0.4) is 0 Å². The van der Waals surface area contributed by atoms with Crippen LogP contribution in [0.5, 0.6) is 0 Å². The molecule has 2 unspecified atom stereocenters. The van der Waals surface area contributed by atoms with Gasteiger partial charge in [0.05, 0.1) is 10.5 Å². The van der Waals surface area contributed by atoms with Crippen LogP contribution >= 0.6 is 26.6 Å². The minimum atomic E-state index is -3.85. The average Bonchev–Trinajstić information content (AvgIpc) is 2.36. The molecular weight excluding hydrogens is 366 g/mol. The summed E-state index contributed by atoms with van der Waals surface area (Å²) in [5, 5.41) is 2.86. The van der Waals surface area contributed by atoms with Crippen molar-refractivity contribution in [1.29, 1.82) is 0 Å². The summed E-state index contributed by atoms with van der Waals surface area (Å²) in [5.41, 5.74) is 0.252. The molecule has 0 saturated carbocycles. The largest absolute Gasteiger partial charge is 0.349 e. The van der Waals surface area contributed by atoms with Gasteiger partial charge in [0, 0.05) is 21.2 Å². The SMILES string of the molecule is CCC(C)C(C)NC(=O)c1cc(S(=O)(=O)Cl)ccc1Br. The molecule has 1 amide bonds. The minimum Gasteiger partial charge on any atom is -0.349 e. The second-order valence-corrected chi connectivity index (χ2v) is 8.15. The van der Waals surface area contributed by atoms with Crippen molar-refractivity contribution in [3.05, 3.63) is 28.2 Å². The molecule has 7 heteroatoms. The maximum atomic E-state index is 12.2. The molecule has 4 nitrogen and oxygen atoms in total. The number of carbonyl (C=O) groups is 1. The Labute approximate surface area is 132 Å². The molecule has 0 aromatic heterocycles. The lowest BCUT2D eigenvalue weighted by atomic mass is 10.0. The molecule has 1 aromatic carbocycles. The van der Waals surface area contributed by atoms with E-state index in [1.165, 1.54) is 18.2 Å². The molecule has 2 atom stereocenters. The number of rotatable bonds is 5. The molecule has 0 heterocycles. The van der Waals surface area contributed by atoms with Crippen LogP contribution in [0.1, 0.15) is 37.6 Å². The normalized spacial score (nSPS) is 14.7. The standard InChI is InChI=1S/C13H17BrClNO3S/c1-4-8(2)9(3)16-13(17)11-7-10(20(15,18)19)5-6-12(11)14/h5-9H,4H2,1-3H3,(H,16,17). The molecule has 0 aliphatic rings. The minimum absolute atomic E-state index is 0.00401. The fourth-order valence-corrected chi connectivity index (χ4v) is 2.81. The van der Waals surface area contributed by atoms with E-state index in [-0.39, 0.29) is 22.4 Å². The van der Waals surface area contributed by atoms with Gasteiger partial charge in [0.1, 0.15) is 0 Å². The molecule has 0 bridgehead atoms. The van der Waals surface area contributed by atoms with E-state index < -0.39 is 9.05 Å². The Kier molecular flexibility index (Phi) is 6.04. The van der Waals surface area contributed by atoms with E-state index in [1.807, 2.05) is 20.8 Å². The first-order valence-electron chi connectivity index (χ1n) is 6.21. The van der Waals surface area contributed by atoms with Gasteiger partial charge in [0.2, 0.25) is 0 Å². The summed E-state index contributed by atoms with van der Waals surface area (Å²) in [5.74, 6) is 0.00418. The lowest BCUT2D eigenvalue weighted by molar-refractivity contribution is 0.0927. The van der Waals surface area contributed by atoms with Gasteiger partial charge < -0.3 is 5.32 Å². The number of carbonyl (C=O) groups excluding carboxylic acids is 1. The zero-order chi connectivity index (χ0) is 15.5. The Hall–Kier alpha value is -0.590. The van der Waals surface area contributed by atoms with E-state index in [9.17, 15) is 13.2 Å². The summed E-state index contributed by atoms with van der Waals surface area (Å²) >= 11 is 3.24. The molecule has 0 saturated heterocycles. The third-order valence-electron chi connectivity index (χ3n) is 3.32. The van der Waals surface area contributed by atoms with Crippen LogP contribution in [-0.2, 0) is 9.05 Å². The van der Waals surface area contributed by atoms with Gasteiger partial charge in [-0.25, -0.2) is 8.42 Å². The highest BCUT2D eigenvalue weighted by molar-refractivity contribution is 9.10. The number of halogens is 2. The molecule has 1 rings (SSSR count). The third kappa shape index (κ3) is 4.46. The fraction of sp³-hybridized carbons (Fsp3) is 0.462. The molecule has 0 aliphatic heterocycles. The van der Waals surface area contributed by atoms with E-state index in [4.69, 9.17) is 10.7 Å². The number of hydrogen-bond acceptors (Lipinski definition) is 3. The molecule has 0 aliphatic carbocycles. The van der Waals surface area contributed by atoms with Crippen molar-refractivity contribution >= 4 is 41.6 Å². The van der Waals surface area contributed by atoms with Crippen LogP contribution in [0, 0.1) is 5.92 Å². The summed E-state index contributed by atoms with van der Waals surface area (Å²) < 4.78 is 23.2. The number of hydrogen-bond donors (Lipinski definition) is 1. The van der Waals surface area contributed by atoms with Gasteiger partial charge in [-0.05, 0) is 47.0 Å². The number of amides is 1. The van der Waals surface area contributed by atoms with Gasteiger partial charge in [-0.1, -0.05) is 20.3 Å². The van der Waals surface area contributed by atoms with Crippen LogP contribution in [0.2, 0.25) is 0 Å². The predicted octanol–water partition coefficient (Wildman–Crippen LogP) is 3.54. The Balaban J connectivity index is 3.04. The van der Waals surface area contributed by atoms with E-state index in [1.54, 1.807) is 0 Å². The third-order valence-corrected chi connectivity index (χ3v) is 5.36. The maximum absolute atomic E-state index is 12.2. The Morgan fingerprint density at radius 1 is 1.40 bits per heavy atom. The lowest BCUT2D eigenvalue weighted by Gasteiger charge is -2.20. The van der Waals surface area contributed by atoms with Crippen molar-refractivity contribution in [3.63, 3.8) is 0 Å². The molecule has 0 radical (unpaired) electrons. The number of benzene rings is 1. The summed E-state index contributed by atoms with van der Waals surface area (Å²) in [4.78, 5) is 12.1. The highest BCUT2D eigenvalue weighted by atomic mass is 79.9. The smallest absolute Gasteiger partial charge is 0.261 e. The van der Waals surface area contributed by atoms with Gasteiger partial charge in [-0.2, -0.15) is 0 Å². The van der Waals surface area contributed by atoms with E-state index in [2.05, 4.69) is 21.2 Å². The highest BCUT2D eigenvalue weighted by Crippen LogP contribution is 2.23. The quantitative estimate of drug-likeness (QED) is 0.792. The zero-order valence-corrected chi connectivity index (χ0v) is 14.6. The summed E-state index contributed by atoms with van der Waals surface area (Å²) in [7, 11) is 1.44. The first-order chi connectivity index (χ1) is 9.16. The van der Waals surface area contributed by atoms with Crippen LogP contribution in [0.15, 0.2) is 27.6 Å². The summed E-state index contributed by atoms with van der Waals surface area (Å²) in [6.45, 7) is 6.01. The highest BCUT2D eigenvalue weighted by Gasteiger charge is 2.19. The van der Waals surface area contributed by atoms with E-state index in [0.717, 1.165) is 6.42 Å². The zero-order valence-electron chi connectivity index (χ0n) is 11.5. The van der Waals surface area contributed by atoms with E-state index >= 15 is 0 Å². The van der Waals surface area contributed by atoms with Crippen molar-refractivity contribution in [2.24, 2.45) is 5.92 Å². The fourth-order valence-electron chi connectivity index (χ4n) is 1.61. The van der Waals surface area contributed by atoms with Gasteiger partial charge >= 0.3 is 0 Å². The van der Waals surface area contributed by atoms with Crippen molar-refractivity contribution in [2.75, 3.05) is 0 Å². The van der Waals surface area contributed by atoms with Gasteiger partial charge in [0.15, 0.2) is 0 Å². The van der Waals surface area contributed by atoms with Gasteiger partial charge in [-0.15, -0.1) is 0 Å². The lowest BCUT2D eigenvalue weighted by Crippen LogP contribution is -2.37. The second-order valence-electron chi connectivity index (χ2n) is 4.73. The van der Waals surface area contributed by atoms with Crippen LogP contribution in [0.25, 0.3) is 0 Å². The molecule has 0 spiro atoms. The van der Waals surface area contributed by atoms with Crippen LogP contribution in [-0.4, -0.2) is 20.4 Å². The maximum Gasteiger partial charge on any atom is 0.261 e. The second kappa shape index (κ2) is 6.91. The summed E-state index contributed by atoms with van der Waals surface area (Å²) in [6.07, 6.45) is 0.943. The van der Waals surface area contributed by atoms with Crippen LogP contribution < -0.4 is 5.32 Å². The van der Waals surface area contributed by atoms with Crippen molar-refractivity contribution in [1.82, 2.24) is 5.32 Å². The van der Waals surface area contributed by atoms with Gasteiger partial charge in [0.25, 0.3) is 15.0 Å². The molecule has 20 heavy (non-hydrogen) atoms. The molecule has 1 N–H and O–H groups in total. The Morgan fingerprint density at radius 3 is 2.50 bits per heavy atom. The Morgan fingerprint density at radius 2 is 2.00 bits per heavy atom. The molecule has 112 valence electrons. The molecule has 1 aromatic rings. The van der Waals surface area contributed by atoms with Crippen LogP contribution in [0.4, 0.5) is 0 Å². The topological polar surface area (TPSA) is 63.2 Å². The van der Waals surface area contributed by atoms with Crippen molar-refractivity contribution in [3.8, 4) is 0 Å². The number of nitrogens with one attached hydrogen (secondary N) is 1. The first kappa shape index (κ1) is 17.5. The Bertz CT molecular complexity index is 604. The van der Waals surface area contributed by atoms with Crippen molar-refractivity contribution in [2.45, 2.75) is 38.1 Å². The molecular formula is C13H17BrClNO3S. The van der Waals surface area contributed by atoms with E-state index in [0.29, 0.717) is 10.4 Å². The summed E-state index contributed by atoms with van der Waals surface area (Å²) in [6, 6.07) is 4.11. The average molecular weight is 383 g/mol. The van der Waals surface area contributed by atoms with Crippen molar-refractivity contribution < 1.29 is 13.2 Å². The first-order valence-corrected chi connectivity index (χ1v) is 9.32. The molecule has 0 fully saturated rings. The van der Waals surface area contributed by atoms with Gasteiger partial charge in [-0.3, -0.25) is 4.79 Å². The monoisotopic (exact) mass is 381 g/mol. The predicted molar refractivity (Wildman–Crippen MR) is 83.6 cm³/mol.